The summed E-state index contributed by atoms with van der Waals surface area (Å²) in [6, 6.07) is 0. The number of nitrogens with zero attached hydrogens (tertiary/aromatic N) is 1. The standard InChI is InChI=1S/C11H21NO3/c1-10(2,3)15-9(14)12-6-5-11(4,7-12)8-13/h13H,5-8H2,1-4H3/t11-/m1/s1. The van der Waals surface area contributed by atoms with Crippen LogP contribution in [0.2, 0.25) is 0 Å². The van der Waals surface area contributed by atoms with Gasteiger partial charge in [-0.1, -0.05) is 6.92 Å². The van der Waals surface area contributed by atoms with Crippen LogP contribution in [0.4, 0.5) is 4.79 Å². The highest BCUT2D eigenvalue weighted by Crippen LogP contribution is 2.29. The number of ether oxygens (including phenoxy) is 1. The SMILES string of the molecule is CC(C)(C)OC(=O)N1CC[C@@](C)(CO)C1. The fraction of sp³-hybridized carbons (Fsp3) is 0.909. The monoisotopic (exact) mass is 215 g/mol. The third-order valence-electron chi connectivity index (χ3n) is 2.59. The quantitative estimate of drug-likeness (QED) is 0.723. The molecule has 0 aromatic heterocycles. The minimum Gasteiger partial charge on any atom is -0.444 e. The second-order valence-corrected chi connectivity index (χ2v) is 5.62. The van der Waals surface area contributed by atoms with Crippen LogP contribution in [0, 0.1) is 5.41 Å². The molecular formula is C11H21NO3. The molecule has 0 saturated carbocycles. The zero-order chi connectivity index (χ0) is 11.7. The van der Waals surface area contributed by atoms with Gasteiger partial charge in [-0.3, -0.25) is 0 Å². The van der Waals surface area contributed by atoms with E-state index in [4.69, 9.17) is 4.74 Å². The van der Waals surface area contributed by atoms with E-state index in [2.05, 4.69) is 0 Å². The Balaban J connectivity index is 2.51. The van der Waals surface area contributed by atoms with Gasteiger partial charge in [0.15, 0.2) is 0 Å². The summed E-state index contributed by atoms with van der Waals surface area (Å²) in [5.41, 5.74) is -0.605. The number of carbonyl (C=O) groups is 1. The lowest BCUT2D eigenvalue weighted by Gasteiger charge is -2.26. The van der Waals surface area contributed by atoms with Crippen molar-refractivity contribution in [2.45, 2.75) is 39.7 Å². The van der Waals surface area contributed by atoms with Gasteiger partial charge in [0.25, 0.3) is 0 Å². The fourth-order valence-corrected chi connectivity index (χ4v) is 1.64. The molecule has 0 aromatic carbocycles. The highest BCUT2D eigenvalue weighted by Gasteiger charge is 2.37. The Kier molecular flexibility index (Phi) is 3.28. The van der Waals surface area contributed by atoms with E-state index in [9.17, 15) is 9.90 Å². The molecule has 1 atom stereocenters. The molecule has 0 bridgehead atoms. The number of likely N-dealkylation sites (tertiary alicyclic amines) is 1. The Hall–Kier alpha value is -0.770. The molecule has 0 aliphatic carbocycles. The number of carbonyl (C=O) groups excluding carboxylic acids is 1. The predicted octanol–water partition coefficient (Wildman–Crippen LogP) is 1.63. The average Bonchev–Trinajstić information content (AvgIpc) is 2.46. The molecule has 0 radical (unpaired) electrons. The number of rotatable bonds is 1. The van der Waals surface area contributed by atoms with Crippen molar-refractivity contribution in [2.75, 3.05) is 19.7 Å². The molecule has 0 spiro atoms. The zero-order valence-electron chi connectivity index (χ0n) is 10.0. The molecule has 1 amide bonds. The minimum atomic E-state index is -0.449. The van der Waals surface area contributed by atoms with Gasteiger partial charge < -0.3 is 14.7 Å². The molecule has 4 heteroatoms. The van der Waals surface area contributed by atoms with Crippen LogP contribution in [0.1, 0.15) is 34.1 Å². The molecule has 88 valence electrons. The number of amides is 1. The first-order valence-corrected chi connectivity index (χ1v) is 5.35. The zero-order valence-corrected chi connectivity index (χ0v) is 10.0. The molecule has 1 saturated heterocycles. The van der Waals surface area contributed by atoms with Crippen molar-refractivity contribution in [3.63, 3.8) is 0 Å². The number of hydrogen-bond donors (Lipinski definition) is 1. The highest BCUT2D eigenvalue weighted by atomic mass is 16.6. The smallest absolute Gasteiger partial charge is 0.410 e. The summed E-state index contributed by atoms with van der Waals surface area (Å²) in [6.45, 7) is 8.92. The Labute approximate surface area is 91.2 Å². The number of aliphatic hydroxyl groups excluding tert-OH is 1. The van der Waals surface area contributed by atoms with E-state index in [1.807, 2.05) is 27.7 Å². The van der Waals surface area contributed by atoms with Crippen LogP contribution in [0.3, 0.4) is 0 Å². The maximum Gasteiger partial charge on any atom is 0.410 e. The molecule has 4 nitrogen and oxygen atoms in total. The van der Waals surface area contributed by atoms with Gasteiger partial charge in [-0.05, 0) is 27.2 Å². The Morgan fingerprint density at radius 1 is 1.53 bits per heavy atom. The van der Waals surface area contributed by atoms with Crippen LogP contribution >= 0.6 is 0 Å². The van der Waals surface area contributed by atoms with E-state index < -0.39 is 5.60 Å². The van der Waals surface area contributed by atoms with Crippen molar-refractivity contribution in [1.29, 1.82) is 0 Å². The lowest BCUT2D eigenvalue weighted by atomic mass is 9.91. The third-order valence-corrected chi connectivity index (χ3v) is 2.59. The van der Waals surface area contributed by atoms with E-state index in [1.165, 1.54) is 0 Å². The second kappa shape index (κ2) is 4.00. The summed E-state index contributed by atoms with van der Waals surface area (Å²) >= 11 is 0. The van der Waals surface area contributed by atoms with Crippen molar-refractivity contribution in [1.82, 2.24) is 4.90 Å². The molecule has 1 fully saturated rings. The van der Waals surface area contributed by atoms with E-state index in [0.29, 0.717) is 13.1 Å². The third kappa shape index (κ3) is 3.38. The van der Waals surface area contributed by atoms with Crippen molar-refractivity contribution >= 4 is 6.09 Å². The normalized spacial score (nSPS) is 26.9. The number of aliphatic hydroxyl groups is 1. The molecule has 1 aliphatic rings. The van der Waals surface area contributed by atoms with Crippen LogP contribution in [0.15, 0.2) is 0 Å². The summed E-state index contributed by atoms with van der Waals surface area (Å²) in [5, 5.41) is 9.18. The first-order valence-electron chi connectivity index (χ1n) is 5.35. The van der Waals surface area contributed by atoms with E-state index in [0.717, 1.165) is 6.42 Å². The maximum absolute atomic E-state index is 11.7. The van der Waals surface area contributed by atoms with Gasteiger partial charge in [-0.2, -0.15) is 0 Å². The fourth-order valence-electron chi connectivity index (χ4n) is 1.64. The van der Waals surface area contributed by atoms with Crippen molar-refractivity contribution in [3.05, 3.63) is 0 Å². The molecular weight excluding hydrogens is 194 g/mol. The molecule has 1 rings (SSSR count). The highest BCUT2D eigenvalue weighted by molar-refractivity contribution is 5.68. The maximum atomic E-state index is 11.7. The van der Waals surface area contributed by atoms with Gasteiger partial charge >= 0.3 is 6.09 Å². The lowest BCUT2D eigenvalue weighted by Crippen LogP contribution is -2.37. The van der Waals surface area contributed by atoms with Crippen LogP contribution in [-0.4, -0.2) is 41.4 Å². The van der Waals surface area contributed by atoms with E-state index in [1.54, 1.807) is 4.90 Å². The summed E-state index contributed by atoms with van der Waals surface area (Å²) in [7, 11) is 0. The Bertz CT molecular complexity index is 247. The van der Waals surface area contributed by atoms with E-state index >= 15 is 0 Å². The molecule has 0 aromatic rings. The molecule has 0 unspecified atom stereocenters. The van der Waals surface area contributed by atoms with Gasteiger partial charge in [0.2, 0.25) is 0 Å². The number of hydrogen-bond acceptors (Lipinski definition) is 3. The largest absolute Gasteiger partial charge is 0.444 e. The van der Waals surface area contributed by atoms with Gasteiger partial charge in [0, 0.05) is 18.5 Å². The summed E-state index contributed by atoms with van der Waals surface area (Å²) in [6.07, 6.45) is 0.558. The molecule has 1 aliphatic heterocycles. The van der Waals surface area contributed by atoms with Gasteiger partial charge in [0.1, 0.15) is 5.60 Å². The van der Waals surface area contributed by atoms with E-state index in [-0.39, 0.29) is 18.1 Å². The molecule has 1 N–H and O–H groups in total. The Morgan fingerprint density at radius 2 is 2.13 bits per heavy atom. The van der Waals surface area contributed by atoms with Crippen LogP contribution in [0.5, 0.6) is 0 Å². The minimum absolute atomic E-state index is 0.117. The summed E-state index contributed by atoms with van der Waals surface area (Å²) < 4.78 is 5.26. The molecule has 1 heterocycles. The topological polar surface area (TPSA) is 49.8 Å². The average molecular weight is 215 g/mol. The van der Waals surface area contributed by atoms with Crippen molar-refractivity contribution in [2.24, 2.45) is 5.41 Å². The van der Waals surface area contributed by atoms with Crippen LogP contribution in [0.25, 0.3) is 0 Å². The van der Waals surface area contributed by atoms with Gasteiger partial charge in [-0.15, -0.1) is 0 Å². The molecule has 15 heavy (non-hydrogen) atoms. The first-order chi connectivity index (χ1) is 6.76. The summed E-state index contributed by atoms with van der Waals surface area (Å²) in [5.74, 6) is 0. The van der Waals surface area contributed by atoms with Crippen LogP contribution in [-0.2, 0) is 4.74 Å². The van der Waals surface area contributed by atoms with Gasteiger partial charge in [0.05, 0.1) is 6.61 Å². The van der Waals surface area contributed by atoms with Crippen molar-refractivity contribution in [3.8, 4) is 0 Å². The second-order valence-electron chi connectivity index (χ2n) is 5.62. The van der Waals surface area contributed by atoms with Gasteiger partial charge in [-0.25, -0.2) is 4.79 Å². The Morgan fingerprint density at radius 3 is 2.53 bits per heavy atom. The summed E-state index contributed by atoms with van der Waals surface area (Å²) in [4.78, 5) is 13.4. The first kappa shape index (κ1) is 12.3. The predicted molar refractivity (Wildman–Crippen MR) is 57.6 cm³/mol. The van der Waals surface area contributed by atoms with Crippen LogP contribution < -0.4 is 0 Å². The lowest BCUT2D eigenvalue weighted by molar-refractivity contribution is 0.0261. The van der Waals surface area contributed by atoms with Crippen molar-refractivity contribution < 1.29 is 14.6 Å².